The van der Waals surface area contributed by atoms with Gasteiger partial charge >= 0.3 is 6.03 Å². The molecule has 7 heteroatoms. The molecule has 0 unspecified atom stereocenters. The number of nitrogens with zero attached hydrogens (tertiary/aromatic N) is 3. The lowest BCUT2D eigenvalue weighted by Crippen LogP contribution is -2.32. The summed E-state index contributed by atoms with van der Waals surface area (Å²) >= 11 is 3.53. The van der Waals surface area contributed by atoms with E-state index in [1.54, 1.807) is 11.7 Å². The van der Waals surface area contributed by atoms with Gasteiger partial charge in [-0.15, -0.1) is 5.10 Å². The second-order valence-electron chi connectivity index (χ2n) is 4.32. The van der Waals surface area contributed by atoms with Gasteiger partial charge in [-0.1, -0.05) is 39.3 Å². The summed E-state index contributed by atoms with van der Waals surface area (Å²) in [6.07, 6.45) is 1.83. The summed E-state index contributed by atoms with van der Waals surface area (Å²) in [7, 11) is 1.57. The van der Waals surface area contributed by atoms with Crippen LogP contribution in [0, 0.1) is 0 Å². The first-order chi connectivity index (χ1) is 9.61. The van der Waals surface area contributed by atoms with Gasteiger partial charge in [-0.05, 0) is 18.6 Å². The molecule has 0 aliphatic carbocycles. The summed E-state index contributed by atoms with van der Waals surface area (Å²) in [6, 6.07) is 7.82. The van der Waals surface area contributed by atoms with Crippen LogP contribution >= 0.6 is 15.9 Å². The van der Waals surface area contributed by atoms with Gasteiger partial charge in [0, 0.05) is 11.5 Å². The zero-order chi connectivity index (χ0) is 14.5. The number of hydrogen-bond donors (Lipinski definition) is 2. The first kappa shape index (κ1) is 14.5. The fourth-order valence-electron chi connectivity index (χ4n) is 1.80. The van der Waals surface area contributed by atoms with E-state index in [1.165, 1.54) is 0 Å². The van der Waals surface area contributed by atoms with E-state index in [9.17, 15) is 4.79 Å². The average Bonchev–Trinajstić information content (AvgIpc) is 2.93. The molecule has 2 N–H and O–H groups in total. The van der Waals surface area contributed by atoms with Crippen LogP contribution in [0.3, 0.4) is 0 Å². The highest BCUT2D eigenvalue weighted by Gasteiger charge is 2.13. The van der Waals surface area contributed by atoms with E-state index < -0.39 is 0 Å². The molecule has 1 aromatic heterocycles. The SMILES string of the molecule is CNC(=O)NCc1cn([C@@H](C)c2ccccc2Br)nn1. The maximum Gasteiger partial charge on any atom is 0.314 e. The Hall–Kier alpha value is -1.89. The topological polar surface area (TPSA) is 71.8 Å². The normalized spacial score (nSPS) is 11.9. The number of urea groups is 1. The zero-order valence-electron chi connectivity index (χ0n) is 11.3. The Morgan fingerprint density at radius 3 is 2.90 bits per heavy atom. The number of carbonyl (C=O) groups is 1. The molecule has 1 heterocycles. The molecule has 106 valence electrons. The zero-order valence-corrected chi connectivity index (χ0v) is 12.9. The molecule has 0 aliphatic rings. The number of carbonyl (C=O) groups excluding carboxylic acids is 1. The Bertz CT molecular complexity index is 598. The molecule has 1 aromatic carbocycles. The van der Waals surface area contributed by atoms with Crippen LogP contribution in [-0.4, -0.2) is 28.1 Å². The van der Waals surface area contributed by atoms with Crippen LogP contribution in [0.25, 0.3) is 0 Å². The molecule has 0 radical (unpaired) electrons. The third kappa shape index (κ3) is 3.36. The van der Waals surface area contributed by atoms with E-state index in [0.717, 1.165) is 10.0 Å². The molecule has 0 fully saturated rings. The molecule has 6 nitrogen and oxygen atoms in total. The average molecular weight is 338 g/mol. The minimum absolute atomic E-state index is 0.0619. The van der Waals surface area contributed by atoms with Gasteiger partial charge in [0.05, 0.1) is 18.8 Å². The summed E-state index contributed by atoms with van der Waals surface area (Å²) in [5.41, 5.74) is 1.84. The molecule has 0 aliphatic heterocycles. The second-order valence-corrected chi connectivity index (χ2v) is 5.17. The highest BCUT2D eigenvalue weighted by Crippen LogP contribution is 2.25. The summed E-state index contributed by atoms with van der Waals surface area (Å²) in [5, 5.41) is 13.3. The largest absolute Gasteiger partial charge is 0.341 e. The molecule has 20 heavy (non-hydrogen) atoms. The number of nitrogens with one attached hydrogen (secondary N) is 2. The van der Waals surface area contributed by atoms with E-state index >= 15 is 0 Å². The summed E-state index contributed by atoms with van der Waals surface area (Å²) < 4.78 is 2.81. The molecule has 1 atom stereocenters. The number of aromatic nitrogens is 3. The van der Waals surface area contributed by atoms with E-state index in [0.29, 0.717) is 12.2 Å². The van der Waals surface area contributed by atoms with Crippen molar-refractivity contribution in [2.75, 3.05) is 7.05 Å². The van der Waals surface area contributed by atoms with Crippen molar-refractivity contribution >= 4 is 22.0 Å². The second kappa shape index (κ2) is 6.51. The van der Waals surface area contributed by atoms with Gasteiger partial charge in [0.15, 0.2) is 0 Å². The molecule has 2 aromatic rings. The molecular formula is C13H16BrN5O. The van der Waals surface area contributed by atoms with Crippen LogP contribution in [0.5, 0.6) is 0 Å². The predicted molar refractivity (Wildman–Crippen MR) is 79.3 cm³/mol. The van der Waals surface area contributed by atoms with Crippen molar-refractivity contribution in [1.82, 2.24) is 25.6 Å². The predicted octanol–water partition coefficient (Wildman–Crippen LogP) is 2.08. The summed E-state index contributed by atoms with van der Waals surface area (Å²) in [4.78, 5) is 11.1. The van der Waals surface area contributed by atoms with Crippen LogP contribution in [0.15, 0.2) is 34.9 Å². The van der Waals surface area contributed by atoms with Gasteiger partial charge in [0.25, 0.3) is 0 Å². The van der Waals surface area contributed by atoms with Crippen LogP contribution in [0.2, 0.25) is 0 Å². The lowest BCUT2D eigenvalue weighted by Gasteiger charge is -2.13. The minimum Gasteiger partial charge on any atom is -0.341 e. The van der Waals surface area contributed by atoms with Crippen LogP contribution < -0.4 is 10.6 Å². The number of hydrogen-bond acceptors (Lipinski definition) is 3. The van der Waals surface area contributed by atoms with E-state index in [2.05, 4.69) is 36.9 Å². The third-order valence-corrected chi connectivity index (χ3v) is 3.69. The molecular weight excluding hydrogens is 322 g/mol. The van der Waals surface area contributed by atoms with E-state index in [-0.39, 0.29) is 12.1 Å². The van der Waals surface area contributed by atoms with E-state index in [1.807, 2.05) is 37.4 Å². The van der Waals surface area contributed by atoms with Gasteiger partial charge in [-0.2, -0.15) is 0 Å². The first-order valence-electron chi connectivity index (χ1n) is 6.22. The van der Waals surface area contributed by atoms with Gasteiger partial charge in [0.1, 0.15) is 5.69 Å². The van der Waals surface area contributed by atoms with Crippen molar-refractivity contribution in [3.05, 3.63) is 46.2 Å². The first-order valence-corrected chi connectivity index (χ1v) is 7.02. The quantitative estimate of drug-likeness (QED) is 0.897. The van der Waals surface area contributed by atoms with Crippen LogP contribution in [0.4, 0.5) is 4.79 Å². The Kier molecular flexibility index (Phi) is 4.73. The van der Waals surface area contributed by atoms with Crippen molar-refractivity contribution in [1.29, 1.82) is 0 Å². The van der Waals surface area contributed by atoms with Crippen LogP contribution in [0.1, 0.15) is 24.2 Å². The van der Waals surface area contributed by atoms with Crippen molar-refractivity contribution < 1.29 is 4.79 Å². The van der Waals surface area contributed by atoms with Crippen molar-refractivity contribution in [3.8, 4) is 0 Å². The van der Waals surface area contributed by atoms with Gasteiger partial charge in [-0.25, -0.2) is 9.48 Å². The molecule has 0 saturated carbocycles. The standard InChI is InChI=1S/C13H16BrN5O/c1-9(11-5-3-4-6-12(11)14)19-8-10(17-18-19)7-16-13(20)15-2/h3-6,8-9H,7H2,1-2H3,(H2,15,16,20)/t9-/m0/s1. The smallest absolute Gasteiger partial charge is 0.314 e. The van der Waals surface area contributed by atoms with E-state index in [4.69, 9.17) is 0 Å². The Balaban J connectivity index is 2.08. The third-order valence-electron chi connectivity index (χ3n) is 2.97. The molecule has 0 saturated heterocycles. The highest BCUT2D eigenvalue weighted by molar-refractivity contribution is 9.10. The molecule has 2 rings (SSSR count). The Morgan fingerprint density at radius 2 is 2.20 bits per heavy atom. The summed E-state index contributed by atoms with van der Waals surface area (Å²) in [6.45, 7) is 2.40. The van der Waals surface area contributed by atoms with Gasteiger partial charge < -0.3 is 10.6 Å². The highest BCUT2D eigenvalue weighted by atomic mass is 79.9. The molecule has 0 bridgehead atoms. The van der Waals surface area contributed by atoms with Crippen molar-refractivity contribution in [3.63, 3.8) is 0 Å². The van der Waals surface area contributed by atoms with Gasteiger partial charge in [0.2, 0.25) is 0 Å². The lowest BCUT2D eigenvalue weighted by atomic mass is 10.1. The van der Waals surface area contributed by atoms with Crippen molar-refractivity contribution in [2.45, 2.75) is 19.5 Å². The number of rotatable bonds is 4. The fourth-order valence-corrected chi connectivity index (χ4v) is 2.42. The Labute approximate surface area is 125 Å². The van der Waals surface area contributed by atoms with Crippen molar-refractivity contribution in [2.24, 2.45) is 0 Å². The minimum atomic E-state index is -0.238. The Morgan fingerprint density at radius 1 is 1.45 bits per heavy atom. The molecule has 0 spiro atoms. The summed E-state index contributed by atoms with van der Waals surface area (Å²) in [5.74, 6) is 0. The maximum absolute atomic E-state index is 11.1. The van der Waals surface area contributed by atoms with Crippen LogP contribution in [-0.2, 0) is 6.54 Å². The monoisotopic (exact) mass is 337 g/mol. The number of halogens is 1. The maximum atomic E-state index is 11.1. The number of benzene rings is 1. The fraction of sp³-hybridized carbons (Fsp3) is 0.308. The lowest BCUT2D eigenvalue weighted by molar-refractivity contribution is 0.242. The van der Waals surface area contributed by atoms with Gasteiger partial charge in [-0.3, -0.25) is 0 Å². The number of amides is 2. The molecule has 2 amide bonds.